The average molecular weight is 390 g/mol. The Hall–Kier alpha value is -1.12. The molecule has 0 fully saturated rings. The topological polar surface area (TPSA) is 34.1 Å². The first-order valence-electron chi connectivity index (χ1n) is 5.73. The zero-order valence-corrected chi connectivity index (χ0v) is 15.0. The molecule has 0 amide bonds. The van der Waals surface area contributed by atoms with Gasteiger partial charge in [-0.05, 0) is 13.8 Å². The first-order chi connectivity index (χ1) is 8.61. The Morgan fingerprint density at radius 3 is 1.00 bits per heavy atom. The molecule has 0 bridgehead atoms. The van der Waals surface area contributed by atoms with Crippen molar-refractivity contribution < 1.29 is 34.4 Å². The van der Waals surface area contributed by atoms with Gasteiger partial charge in [0.2, 0.25) is 0 Å². The number of rotatable bonds is 2. The molecule has 0 aliphatic heterocycles. The zero-order chi connectivity index (χ0) is 13.4. The van der Waals surface area contributed by atoms with Gasteiger partial charge in [-0.1, -0.05) is 60.7 Å². The van der Waals surface area contributed by atoms with E-state index in [-0.39, 0.29) is 53.4 Å². The number of hydrogen-bond acceptors (Lipinski definition) is 2. The van der Waals surface area contributed by atoms with Gasteiger partial charge in [0.25, 0.3) is 0 Å². The van der Waals surface area contributed by atoms with Crippen LogP contribution in [0.25, 0.3) is 0 Å². The molecule has 21 heavy (non-hydrogen) atoms. The molecule has 2 rings (SSSR count). The maximum atomic E-state index is 10.6. The van der Waals surface area contributed by atoms with E-state index >= 15 is 0 Å². The third-order valence-electron chi connectivity index (χ3n) is 2.36. The quantitative estimate of drug-likeness (QED) is 0.417. The standard InChI is InChI=1S/2C8H8O.2ClH.Se/c2*1-7(9)8-5-3-2-4-6-8;;;/h2*2-6H,1H3;2*1H;/q;;;;+2/p-2. The predicted octanol–water partition coefficient (Wildman–Crippen LogP) is -2.59. The predicted molar refractivity (Wildman–Crippen MR) is 78.6 cm³/mol. The second-order valence-corrected chi connectivity index (χ2v) is 3.84. The van der Waals surface area contributed by atoms with Crippen molar-refractivity contribution in [1.82, 2.24) is 0 Å². The number of carbonyl (C=O) groups excluding carboxylic acids is 2. The van der Waals surface area contributed by atoms with Crippen molar-refractivity contribution in [2.75, 3.05) is 0 Å². The number of hydrogen-bond donors (Lipinski definition) is 0. The SMILES string of the molecule is CC(=O)c1ccccc1.CC(=O)c1ccccc1.[Cl-].[Cl-].[Se+2]. The Labute approximate surface area is 148 Å². The van der Waals surface area contributed by atoms with Gasteiger partial charge >= 0.3 is 17.1 Å². The minimum Gasteiger partial charge on any atom is -1.00 e. The van der Waals surface area contributed by atoms with Gasteiger partial charge < -0.3 is 24.8 Å². The molecule has 2 nitrogen and oxygen atoms in total. The normalized spacial score (nSPS) is 7.71. The van der Waals surface area contributed by atoms with Crippen molar-refractivity contribution in [1.29, 1.82) is 0 Å². The van der Waals surface area contributed by atoms with Crippen molar-refractivity contribution in [3.8, 4) is 0 Å². The Bertz CT molecular complexity index is 467. The van der Waals surface area contributed by atoms with Gasteiger partial charge in [0, 0.05) is 11.1 Å². The fraction of sp³-hybridized carbons (Fsp3) is 0.125. The van der Waals surface area contributed by atoms with Gasteiger partial charge in [-0.15, -0.1) is 0 Å². The summed E-state index contributed by atoms with van der Waals surface area (Å²) in [5.74, 6) is 0.242. The molecular formula is C16H16Cl2O2Se. The van der Waals surface area contributed by atoms with E-state index in [4.69, 9.17) is 0 Å². The number of benzene rings is 2. The van der Waals surface area contributed by atoms with Gasteiger partial charge in [0.15, 0.2) is 11.6 Å². The molecule has 2 aromatic carbocycles. The van der Waals surface area contributed by atoms with Gasteiger partial charge in [-0.2, -0.15) is 0 Å². The molecular weight excluding hydrogens is 374 g/mol. The van der Waals surface area contributed by atoms with Crippen molar-refractivity contribution in [3.05, 3.63) is 71.8 Å². The van der Waals surface area contributed by atoms with Crippen LogP contribution in [0.4, 0.5) is 0 Å². The molecule has 0 heterocycles. The number of ketones is 2. The largest absolute Gasteiger partial charge is 2.00 e. The second-order valence-electron chi connectivity index (χ2n) is 3.84. The summed E-state index contributed by atoms with van der Waals surface area (Å²) >= 11 is 0. The maximum Gasteiger partial charge on any atom is 2.00 e. The molecule has 0 N–H and O–H groups in total. The van der Waals surface area contributed by atoms with Crippen LogP contribution in [0, 0.1) is 0 Å². The summed E-state index contributed by atoms with van der Waals surface area (Å²) in [6.07, 6.45) is 0. The molecule has 0 saturated carbocycles. The van der Waals surface area contributed by atoms with Gasteiger partial charge in [0.05, 0.1) is 0 Å². The summed E-state index contributed by atoms with van der Waals surface area (Å²) in [6, 6.07) is 18.5. The number of Topliss-reactive ketones (excluding diaryl/α,β-unsaturated/α-hetero) is 2. The summed E-state index contributed by atoms with van der Waals surface area (Å²) in [7, 11) is 0. The minimum atomic E-state index is 0. The molecule has 0 unspecified atom stereocenters. The van der Waals surface area contributed by atoms with E-state index in [2.05, 4.69) is 0 Å². The van der Waals surface area contributed by atoms with Gasteiger partial charge in [-0.3, -0.25) is 9.59 Å². The minimum absolute atomic E-state index is 0. The smallest absolute Gasteiger partial charge is 1.00 e. The van der Waals surface area contributed by atoms with Crippen LogP contribution in [0.5, 0.6) is 0 Å². The molecule has 112 valence electrons. The summed E-state index contributed by atoms with van der Waals surface area (Å²) in [5.41, 5.74) is 1.55. The molecule has 0 aromatic heterocycles. The summed E-state index contributed by atoms with van der Waals surface area (Å²) in [5, 5.41) is 0. The van der Waals surface area contributed by atoms with E-state index in [1.54, 1.807) is 13.8 Å². The van der Waals surface area contributed by atoms with E-state index in [1.165, 1.54) is 0 Å². The number of carbonyl (C=O) groups is 2. The van der Waals surface area contributed by atoms with E-state index < -0.39 is 0 Å². The van der Waals surface area contributed by atoms with Crippen LogP contribution in [-0.2, 0) is 0 Å². The molecule has 0 spiro atoms. The summed E-state index contributed by atoms with van der Waals surface area (Å²) < 4.78 is 0. The first-order valence-corrected chi connectivity index (χ1v) is 5.73. The molecule has 0 atom stereocenters. The van der Waals surface area contributed by atoms with E-state index in [0.29, 0.717) is 0 Å². The van der Waals surface area contributed by atoms with E-state index in [9.17, 15) is 9.59 Å². The number of halogens is 2. The van der Waals surface area contributed by atoms with Crippen molar-refractivity contribution in [2.45, 2.75) is 13.8 Å². The third-order valence-corrected chi connectivity index (χ3v) is 2.36. The van der Waals surface area contributed by atoms with Crippen LogP contribution in [0.15, 0.2) is 60.7 Å². The van der Waals surface area contributed by atoms with Gasteiger partial charge in [-0.25, -0.2) is 0 Å². The molecule has 2 aromatic rings. The van der Waals surface area contributed by atoms with Crippen LogP contribution in [0.2, 0.25) is 0 Å². The molecule has 5 heteroatoms. The average Bonchev–Trinajstić information content (AvgIpc) is 2.41. The van der Waals surface area contributed by atoms with Crippen molar-refractivity contribution in [3.63, 3.8) is 0 Å². The van der Waals surface area contributed by atoms with Crippen molar-refractivity contribution >= 4 is 28.6 Å². The van der Waals surface area contributed by atoms with E-state index in [0.717, 1.165) is 11.1 Å². The molecule has 0 aliphatic rings. The third kappa shape index (κ3) is 10.3. The van der Waals surface area contributed by atoms with Gasteiger partial charge in [0.1, 0.15) is 0 Å². The Kier molecular flexibility index (Phi) is 16.4. The fourth-order valence-electron chi connectivity index (χ4n) is 1.35. The Balaban J connectivity index is -0.000000270. The summed E-state index contributed by atoms with van der Waals surface area (Å²) in [6.45, 7) is 3.13. The molecule has 0 saturated heterocycles. The second kappa shape index (κ2) is 13.8. The fourth-order valence-corrected chi connectivity index (χ4v) is 1.35. The maximum absolute atomic E-state index is 10.6. The van der Waals surface area contributed by atoms with Crippen LogP contribution < -0.4 is 24.8 Å². The molecule has 4 radical (unpaired) electrons. The first kappa shape index (κ1) is 24.9. The molecule has 0 aliphatic carbocycles. The van der Waals surface area contributed by atoms with Crippen LogP contribution >= 0.6 is 0 Å². The van der Waals surface area contributed by atoms with Crippen LogP contribution in [0.3, 0.4) is 0 Å². The van der Waals surface area contributed by atoms with E-state index in [1.807, 2.05) is 60.7 Å². The monoisotopic (exact) mass is 390 g/mol. The summed E-state index contributed by atoms with van der Waals surface area (Å²) in [4.78, 5) is 21.3. The Morgan fingerprint density at radius 2 is 0.857 bits per heavy atom. The van der Waals surface area contributed by atoms with Crippen molar-refractivity contribution in [2.24, 2.45) is 0 Å². The van der Waals surface area contributed by atoms with Crippen LogP contribution in [-0.4, -0.2) is 28.6 Å². The van der Waals surface area contributed by atoms with Crippen LogP contribution in [0.1, 0.15) is 34.6 Å². The Morgan fingerprint density at radius 1 is 0.619 bits per heavy atom. The zero-order valence-electron chi connectivity index (χ0n) is 11.8.